The van der Waals surface area contributed by atoms with E-state index in [1.807, 2.05) is 0 Å². The smallest absolute Gasteiger partial charge is 0.263 e. The molecule has 0 radical (unpaired) electrons. The van der Waals surface area contributed by atoms with Crippen LogP contribution in [-0.2, 0) is 14.3 Å². The molecule has 5 aliphatic rings. The topological polar surface area (TPSA) is 80.1 Å². The Morgan fingerprint density at radius 1 is 1.10 bits per heavy atom. The van der Waals surface area contributed by atoms with Crippen molar-refractivity contribution in [1.82, 2.24) is 5.32 Å². The Morgan fingerprint density at radius 2 is 1.87 bits per heavy atom. The lowest BCUT2D eigenvalue weighted by Crippen LogP contribution is -2.39. The molecular weight excluding hydrogens is 417 g/mol. The van der Waals surface area contributed by atoms with Crippen LogP contribution in [-0.4, -0.2) is 47.0 Å². The Labute approximate surface area is 185 Å². The van der Waals surface area contributed by atoms with Gasteiger partial charge >= 0.3 is 0 Å². The standard InChI is InChI=1S/C23H28FN3O3S/c24-18-9-16(30-11-13-1-2-13)10-19-21(18)23(29)27-20(26-19)12-31-17-7-5-15(6-8-17)25-22(28)14-3-4-14/h9-10,13-15,17,21H,1-8,11-12H2,(H,25,28). The van der Waals surface area contributed by atoms with Crippen molar-refractivity contribution in [2.24, 2.45) is 27.7 Å². The number of carbonyl (C=O) groups is 2. The number of aliphatic imine (C=N–C) groups is 2. The Bertz CT molecular complexity index is 880. The Morgan fingerprint density at radius 3 is 2.58 bits per heavy atom. The summed E-state index contributed by atoms with van der Waals surface area (Å²) in [6.07, 6.45) is 11.4. The molecule has 8 heteroatoms. The van der Waals surface area contributed by atoms with Gasteiger partial charge in [0.15, 0.2) is 0 Å². The van der Waals surface area contributed by atoms with E-state index in [4.69, 9.17) is 4.74 Å². The predicted octanol–water partition coefficient (Wildman–Crippen LogP) is 3.73. The average molecular weight is 446 g/mol. The van der Waals surface area contributed by atoms with Crippen LogP contribution in [0, 0.1) is 17.8 Å². The lowest BCUT2D eigenvalue weighted by atomic mass is 9.94. The Balaban J connectivity index is 1.13. The molecule has 4 aliphatic carbocycles. The monoisotopic (exact) mass is 445 g/mol. The maximum Gasteiger partial charge on any atom is 0.263 e. The minimum absolute atomic E-state index is 0.221. The molecule has 1 heterocycles. The van der Waals surface area contributed by atoms with E-state index in [9.17, 15) is 14.0 Å². The fraction of sp³-hybridized carbons (Fsp3) is 0.652. The van der Waals surface area contributed by atoms with Gasteiger partial charge in [0, 0.05) is 29.4 Å². The summed E-state index contributed by atoms with van der Waals surface area (Å²) < 4.78 is 20.2. The van der Waals surface area contributed by atoms with E-state index in [0.717, 1.165) is 51.4 Å². The van der Waals surface area contributed by atoms with Gasteiger partial charge in [-0.15, -0.1) is 0 Å². The normalized spacial score (nSPS) is 30.5. The second-order valence-electron chi connectivity index (χ2n) is 9.23. The lowest BCUT2D eigenvalue weighted by Gasteiger charge is -2.29. The first-order valence-corrected chi connectivity index (χ1v) is 12.4. The van der Waals surface area contributed by atoms with Crippen LogP contribution in [0.15, 0.2) is 33.7 Å². The van der Waals surface area contributed by atoms with Gasteiger partial charge in [0.05, 0.1) is 18.1 Å². The fourth-order valence-electron chi connectivity index (χ4n) is 4.22. The fourth-order valence-corrected chi connectivity index (χ4v) is 5.33. The van der Waals surface area contributed by atoms with Crippen LogP contribution in [0.4, 0.5) is 4.39 Å². The van der Waals surface area contributed by atoms with E-state index >= 15 is 0 Å². The number of ether oxygens (including phenoxy) is 1. The van der Waals surface area contributed by atoms with E-state index in [1.54, 1.807) is 17.8 Å². The molecule has 166 valence electrons. The quantitative estimate of drug-likeness (QED) is 0.617. The number of thioether (sulfide) groups is 1. The molecule has 3 saturated carbocycles. The van der Waals surface area contributed by atoms with Crippen molar-refractivity contribution in [3.63, 3.8) is 0 Å². The summed E-state index contributed by atoms with van der Waals surface area (Å²) in [5.41, 5.74) is 0.396. The molecular formula is C23H28FN3O3S. The van der Waals surface area contributed by atoms with Gasteiger partial charge in [-0.25, -0.2) is 9.38 Å². The van der Waals surface area contributed by atoms with Crippen molar-refractivity contribution in [1.29, 1.82) is 0 Å². The summed E-state index contributed by atoms with van der Waals surface area (Å²) >= 11 is 1.75. The SMILES string of the molecule is O=C(NC1CCC(SCC2=NC(=O)C3C(F)=CC(OCC4CC4)=CC3=N2)CC1)C1CC1. The number of amidine groups is 1. The van der Waals surface area contributed by atoms with Crippen molar-refractivity contribution < 1.29 is 18.7 Å². The zero-order valence-corrected chi connectivity index (χ0v) is 18.3. The third-order valence-electron chi connectivity index (χ3n) is 6.49. The summed E-state index contributed by atoms with van der Waals surface area (Å²) in [4.78, 5) is 32.9. The summed E-state index contributed by atoms with van der Waals surface area (Å²) in [5, 5.41) is 3.63. The maximum absolute atomic E-state index is 14.5. The molecule has 0 bridgehead atoms. The number of carbonyl (C=O) groups excluding carboxylic acids is 2. The lowest BCUT2D eigenvalue weighted by molar-refractivity contribution is -0.123. The highest BCUT2D eigenvalue weighted by Gasteiger charge is 2.36. The van der Waals surface area contributed by atoms with E-state index in [0.29, 0.717) is 40.8 Å². The van der Waals surface area contributed by atoms with Gasteiger partial charge in [-0.1, -0.05) is 0 Å². The number of fused-ring (bicyclic) bond motifs is 1. The van der Waals surface area contributed by atoms with Crippen LogP contribution in [0.3, 0.4) is 0 Å². The number of allylic oxidation sites excluding steroid dienone is 2. The Hall–Kier alpha value is -1.96. The number of halogens is 1. The van der Waals surface area contributed by atoms with Crippen molar-refractivity contribution in [3.05, 3.63) is 23.7 Å². The molecule has 1 aliphatic heterocycles. The third kappa shape index (κ3) is 5.27. The first kappa shape index (κ1) is 20.9. The Kier molecular flexibility index (Phi) is 5.99. The van der Waals surface area contributed by atoms with Crippen molar-refractivity contribution in [2.75, 3.05) is 12.4 Å². The van der Waals surface area contributed by atoms with Gasteiger partial charge in [0.25, 0.3) is 5.91 Å². The van der Waals surface area contributed by atoms with Crippen LogP contribution in [0.5, 0.6) is 0 Å². The molecule has 0 aromatic carbocycles. The zero-order chi connectivity index (χ0) is 21.4. The molecule has 0 aromatic rings. The van der Waals surface area contributed by atoms with Gasteiger partial charge in [0.2, 0.25) is 5.91 Å². The minimum Gasteiger partial charge on any atom is -0.493 e. The van der Waals surface area contributed by atoms with Crippen LogP contribution < -0.4 is 5.32 Å². The molecule has 6 nitrogen and oxygen atoms in total. The first-order valence-electron chi connectivity index (χ1n) is 11.4. The largest absolute Gasteiger partial charge is 0.493 e. The predicted molar refractivity (Wildman–Crippen MR) is 119 cm³/mol. The maximum atomic E-state index is 14.5. The van der Waals surface area contributed by atoms with Gasteiger partial charge in [-0.2, -0.15) is 16.8 Å². The van der Waals surface area contributed by atoms with E-state index in [2.05, 4.69) is 15.3 Å². The third-order valence-corrected chi connectivity index (χ3v) is 7.85. The van der Waals surface area contributed by atoms with Crippen molar-refractivity contribution in [3.8, 4) is 0 Å². The van der Waals surface area contributed by atoms with E-state index < -0.39 is 17.7 Å². The summed E-state index contributed by atoms with van der Waals surface area (Å²) in [7, 11) is 0. The number of hydrogen-bond donors (Lipinski definition) is 1. The molecule has 0 aromatic heterocycles. The highest BCUT2D eigenvalue weighted by Crippen LogP contribution is 2.34. The van der Waals surface area contributed by atoms with Crippen molar-refractivity contribution in [2.45, 2.75) is 62.7 Å². The molecule has 2 amide bonds. The number of amides is 2. The van der Waals surface area contributed by atoms with Crippen molar-refractivity contribution >= 4 is 35.1 Å². The first-order chi connectivity index (χ1) is 15.0. The summed E-state index contributed by atoms with van der Waals surface area (Å²) in [6, 6.07) is 0.288. The van der Waals surface area contributed by atoms with Gasteiger partial charge in [-0.05, 0) is 57.3 Å². The highest BCUT2D eigenvalue weighted by atomic mass is 32.2. The molecule has 3 fully saturated rings. The summed E-state index contributed by atoms with van der Waals surface area (Å²) in [5.74, 6) is 0.415. The molecule has 1 unspecified atom stereocenters. The molecule has 31 heavy (non-hydrogen) atoms. The van der Waals surface area contributed by atoms with Crippen LogP contribution >= 0.6 is 11.8 Å². The molecule has 1 N–H and O–H groups in total. The van der Waals surface area contributed by atoms with Gasteiger partial charge in [-0.3, -0.25) is 9.59 Å². The number of rotatable bonds is 8. The average Bonchev–Trinajstić information content (AvgIpc) is 3.64. The van der Waals surface area contributed by atoms with Crippen LogP contribution in [0.2, 0.25) is 0 Å². The van der Waals surface area contributed by atoms with E-state index in [-0.39, 0.29) is 17.9 Å². The second-order valence-corrected chi connectivity index (χ2v) is 10.5. The second kappa shape index (κ2) is 8.88. The minimum atomic E-state index is -1.02. The van der Waals surface area contributed by atoms with Gasteiger partial charge in [0.1, 0.15) is 23.3 Å². The molecule has 5 rings (SSSR count). The molecule has 0 spiro atoms. The van der Waals surface area contributed by atoms with Crippen LogP contribution in [0.25, 0.3) is 0 Å². The van der Waals surface area contributed by atoms with Crippen LogP contribution in [0.1, 0.15) is 51.4 Å². The molecule has 1 atom stereocenters. The summed E-state index contributed by atoms with van der Waals surface area (Å²) in [6.45, 7) is 0.585. The van der Waals surface area contributed by atoms with E-state index in [1.165, 1.54) is 6.08 Å². The number of hydrogen-bond acceptors (Lipinski definition) is 5. The zero-order valence-electron chi connectivity index (χ0n) is 17.5. The van der Waals surface area contributed by atoms with Gasteiger partial charge < -0.3 is 10.1 Å². The molecule has 0 saturated heterocycles. The number of nitrogens with zero attached hydrogens (tertiary/aromatic N) is 2. The highest BCUT2D eigenvalue weighted by molar-refractivity contribution is 8.00. The number of nitrogens with one attached hydrogen (secondary N) is 1.